The van der Waals surface area contributed by atoms with Crippen molar-refractivity contribution < 1.29 is 4.74 Å². The molecule has 0 bridgehead atoms. The number of nitrogens with one attached hydrogen (secondary N) is 4. The average molecular weight is 515 g/mol. The molecule has 0 aromatic heterocycles. The third-order valence-corrected chi connectivity index (χ3v) is 8.38. The van der Waals surface area contributed by atoms with Gasteiger partial charge in [0.15, 0.2) is 5.79 Å². The molecule has 7 heteroatoms. The topological polar surface area (TPSA) is 63.8 Å². The molecule has 0 amide bonds. The second kappa shape index (κ2) is 14.9. The van der Waals surface area contributed by atoms with Crippen molar-refractivity contribution in [1.29, 1.82) is 0 Å². The van der Waals surface area contributed by atoms with Crippen molar-refractivity contribution in [1.82, 2.24) is 31.3 Å². The van der Waals surface area contributed by atoms with Crippen LogP contribution in [0.2, 0.25) is 0 Å². The summed E-state index contributed by atoms with van der Waals surface area (Å²) in [4.78, 5) is 0. The van der Waals surface area contributed by atoms with Gasteiger partial charge in [0.05, 0.1) is 6.61 Å². The largest absolute Gasteiger partial charge is 0.342 e. The summed E-state index contributed by atoms with van der Waals surface area (Å²) in [5.74, 6) is -1.30. The lowest BCUT2D eigenvalue weighted by Crippen LogP contribution is -2.91. The maximum atomic E-state index is 6.88. The number of unbranched alkanes of at least 4 members (excludes halogenated alkanes) is 1. The van der Waals surface area contributed by atoms with Crippen LogP contribution in [0.1, 0.15) is 90.0 Å². The van der Waals surface area contributed by atoms with Gasteiger partial charge in [-0.25, -0.2) is 10.0 Å². The Bertz CT molecular complexity index is 754. The molecular formula is C30H54N6O. The minimum absolute atomic E-state index is 0.475. The van der Waals surface area contributed by atoms with Gasteiger partial charge in [0.25, 0.3) is 0 Å². The van der Waals surface area contributed by atoms with Gasteiger partial charge < -0.3 is 4.74 Å². The third-order valence-electron chi connectivity index (χ3n) is 8.38. The van der Waals surface area contributed by atoms with E-state index < -0.39 is 11.6 Å². The second-order valence-electron chi connectivity index (χ2n) is 11.2. The summed E-state index contributed by atoms with van der Waals surface area (Å²) in [5.41, 5.74) is 1.37. The van der Waals surface area contributed by atoms with Crippen LogP contribution in [0.25, 0.3) is 0 Å². The zero-order valence-electron chi connectivity index (χ0n) is 23.7. The van der Waals surface area contributed by atoms with E-state index in [2.05, 4.69) is 75.5 Å². The summed E-state index contributed by atoms with van der Waals surface area (Å²) in [6.45, 7) is 11.1. The highest BCUT2D eigenvalue weighted by Crippen LogP contribution is 2.33. The number of nitrogens with zero attached hydrogens (tertiary/aromatic N) is 2. The molecule has 1 aliphatic carbocycles. The standard InChI is InChI=1S/C30H54N6O/c1-3-5-21-33-30(32-20-4-2)29(34-28-17-11-7-12-18-28,31-22-19-27-15-9-6-10-16-27)36(25-26-37-30)35-23-13-8-14-24-35/h6,9-10,15-16,28,31-34H,3-5,7-8,11-14,17-26H2,1-2H3. The maximum Gasteiger partial charge on any atom is 0.223 e. The van der Waals surface area contributed by atoms with Gasteiger partial charge in [-0.15, -0.1) is 0 Å². The monoisotopic (exact) mass is 514 g/mol. The number of benzene rings is 1. The molecule has 2 atom stereocenters. The molecule has 0 spiro atoms. The summed E-state index contributed by atoms with van der Waals surface area (Å²) >= 11 is 0. The van der Waals surface area contributed by atoms with Gasteiger partial charge in [0.2, 0.25) is 5.85 Å². The molecule has 0 radical (unpaired) electrons. The molecule has 3 fully saturated rings. The van der Waals surface area contributed by atoms with Crippen LogP contribution in [0.15, 0.2) is 30.3 Å². The van der Waals surface area contributed by atoms with Crippen LogP contribution in [-0.2, 0) is 11.2 Å². The van der Waals surface area contributed by atoms with Crippen molar-refractivity contribution in [3.63, 3.8) is 0 Å². The normalized spacial score (nSPS) is 28.5. The Morgan fingerprint density at radius 2 is 1.54 bits per heavy atom. The highest BCUT2D eigenvalue weighted by molar-refractivity contribution is 5.15. The molecule has 1 aromatic rings. The number of morpholine rings is 1. The third kappa shape index (κ3) is 7.33. The highest BCUT2D eigenvalue weighted by Gasteiger charge is 2.60. The minimum atomic E-state index is -0.720. The van der Waals surface area contributed by atoms with Crippen molar-refractivity contribution in [2.75, 3.05) is 45.9 Å². The van der Waals surface area contributed by atoms with Crippen molar-refractivity contribution in [3.05, 3.63) is 35.9 Å². The molecule has 37 heavy (non-hydrogen) atoms. The van der Waals surface area contributed by atoms with E-state index in [9.17, 15) is 0 Å². The quantitative estimate of drug-likeness (QED) is 0.220. The molecule has 1 saturated carbocycles. The molecule has 4 rings (SSSR count). The van der Waals surface area contributed by atoms with Gasteiger partial charge in [0.1, 0.15) is 0 Å². The first kappa shape index (κ1) is 28.9. The Morgan fingerprint density at radius 1 is 0.811 bits per heavy atom. The lowest BCUT2D eigenvalue weighted by Gasteiger charge is -2.62. The van der Waals surface area contributed by atoms with Crippen molar-refractivity contribution in [2.24, 2.45) is 0 Å². The number of hydrogen-bond donors (Lipinski definition) is 4. The zero-order chi connectivity index (χ0) is 25.8. The average Bonchev–Trinajstić information content (AvgIpc) is 2.95. The van der Waals surface area contributed by atoms with E-state index in [4.69, 9.17) is 4.74 Å². The lowest BCUT2D eigenvalue weighted by molar-refractivity contribution is -0.309. The number of hydrazine groups is 1. The fraction of sp³-hybridized carbons (Fsp3) is 0.800. The van der Waals surface area contributed by atoms with Crippen LogP contribution < -0.4 is 21.3 Å². The summed E-state index contributed by atoms with van der Waals surface area (Å²) in [6, 6.07) is 11.4. The molecule has 2 saturated heterocycles. The maximum absolute atomic E-state index is 6.88. The van der Waals surface area contributed by atoms with E-state index in [-0.39, 0.29) is 0 Å². The molecule has 7 nitrogen and oxygen atoms in total. The smallest absolute Gasteiger partial charge is 0.223 e. The Balaban J connectivity index is 1.71. The van der Waals surface area contributed by atoms with Gasteiger partial charge in [-0.05, 0) is 63.6 Å². The molecular weight excluding hydrogens is 460 g/mol. The number of piperidine rings is 1. The van der Waals surface area contributed by atoms with Crippen LogP contribution in [-0.4, -0.2) is 73.6 Å². The van der Waals surface area contributed by atoms with E-state index in [1.165, 1.54) is 56.9 Å². The van der Waals surface area contributed by atoms with Gasteiger partial charge in [-0.2, -0.15) is 0 Å². The van der Waals surface area contributed by atoms with E-state index in [0.29, 0.717) is 12.6 Å². The van der Waals surface area contributed by atoms with E-state index in [1.54, 1.807) is 0 Å². The Labute approximate surface area is 226 Å². The SMILES string of the molecule is CCCCNC1(NCCC)OCCN(N2CCCCC2)C1(NCCc1ccccc1)NC1CCCCC1. The fourth-order valence-electron chi connectivity index (χ4n) is 6.39. The molecule has 2 unspecified atom stereocenters. The van der Waals surface area contributed by atoms with E-state index in [0.717, 1.165) is 65.0 Å². The van der Waals surface area contributed by atoms with E-state index in [1.807, 2.05) is 0 Å². The summed E-state index contributed by atoms with van der Waals surface area (Å²) in [5, 5.41) is 21.5. The first-order chi connectivity index (χ1) is 18.2. The number of rotatable bonds is 14. The van der Waals surface area contributed by atoms with Crippen LogP contribution in [0.5, 0.6) is 0 Å². The minimum Gasteiger partial charge on any atom is -0.342 e. The van der Waals surface area contributed by atoms with Crippen molar-refractivity contribution >= 4 is 0 Å². The van der Waals surface area contributed by atoms with Gasteiger partial charge in [-0.3, -0.25) is 21.3 Å². The predicted octanol–water partition coefficient (Wildman–Crippen LogP) is 4.17. The molecule has 2 aliphatic heterocycles. The van der Waals surface area contributed by atoms with Gasteiger partial charge in [0, 0.05) is 32.2 Å². The number of ether oxygens (including phenoxy) is 1. The van der Waals surface area contributed by atoms with Gasteiger partial charge >= 0.3 is 0 Å². The lowest BCUT2D eigenvalue weighted by atomic mass is 9.93. The molecule has 3 aliphatic rings. The van der Waals surface area contributed by atoms with Crippen LogP contribution in [0.3, 0.4) is 0 Å². The zero-order valence-corrected chi connectivity index (χ0v) is 23.7. The van der Waals surface area contributed by atoms with Crippen LogP contribution in [0.4, 0.5) is 0 Å². The summed E-state index contributed by atoms with van der Waals surface area (Å²) in [6.07, 6.45) is 14.6. The summed E-state index contributed by atoms with van der Waals surface area (Å²) < 4.78 is 6.88. The van der Waals surface area contributed by atoms with Crippen LogP contribution in [0, 0.1) is 0 Å². The Kier molecular flexibility index (Phi) is 11.7. The molecule has 4 N–H and O–H groups in total. The van der Waals surface area contributed by atoms with Crippen molar-refractivity contribution in [2.45, 2.75) is 109 Å². The Hall–Kier alpha value is -1.06. The first-order valence-electron chi connectivity index (χ1n) is 15.5. The molecule has 1 aromatic carbocycles. The molecule has 2 heterocycles. The highest BCUT2D eigenvalue weighted by atomic mass is 16.5. The first-order valence-corrected chi connectivity index (χ1v) is 15.5. The molecule has 210 valence electrons. The summed E-state index contributed by atoms with van der Waals surface area (Å²) in [7, 11) is 0. The second-order valence-corrected chi connectivity index (χ2v) is 11.2. The van der Waals surface area contributed by atoms with Crippen LogP contribution >= 0.6 is 0 Å². The van der Waals surface area contributed by atoms with Crippen molar-refractivity contribution in [3.8, 4) is 0 Å². The fourth-order valence-corrected chi connectivity index (χ4v) is 6.39. The van der Waals surface area contributed by atoms with Gasteiger partial charge in [-0.1, -0.05) is 76.3 Å². The predicted molar refractivity (Wildman–Crippen MR) is 153 cm³/mol. The van der Waals surface area contributed by atoms with E-state index >= 15 is 0 Å². The number of hydrogen-bond acceptors (Lipinski definition) is 7. The Morgan fingerprint density at radius 3 is 2.27 bits per heavy atom.